The fraction of sp³-hybridized carbons (Fsp3) is 0.600. The van der Waals surface area contributed by atoms with Crippen molar-refractivity contribution in [3.05, 3.63) is 58.0 Å². The maximum Gasteiger partial charge on any atom is 0.317 e. The van der Waals surface area contributed by atoms with Crippen LogP contribution in [0, 0.1) is 36.5 Å². The molecule has 368 valence electrons. The maximum absolute atomic E-state index is 14.7. The number of amides is 1. The zero-order valence-corrected chi connectivity index (χ0v) is 40.9. The number of hydrogen-bond acceptors (Lipinski definition) is 15. The van der Waals surface area contributed by atoms with E-state index >= 15 is 0 Å². The molecule has 67 heavy (non-hydrogen) atoms. The number of rotatable bonds is 7. The number of phenols is 2. The number of hydrogen-bond donors (Lipinski definition) is 6. The highest BCUT2D eigenvalue weighted by atomic mass is 16.7. The number of likely N-dealkylation sites (tertiary alicyclic amines) is 1. The first kappa shape index (κ1) is 52.6. The van der Waals surface area contributed by atoms with E-state index in [2.05, 4.69) is 24.1 Å². The van der Waals surface area contributed by atoms with Crippen LogP contribution in [-0.2, 0) is 28.6 Å². The molecule has 5 heterocycles. The maximum atomic E-state index is 14.7. The number of aliphatic carboxylic acids is 1. The molecule has 2 aromatic rings. The Morgan fingerprint density at radius 1 is 0.985 bits per heavy atom. The van der Waals surface area contributed by atoms with Crippen LogP contribution < -0.4 is 20.8 Å². The van der Waals surface area contributed by atoms with Crippen LogP contribution in [0.25, 0.3) is 10.8 Å². The van der Waals surface area contributed by atoms with Crippen molar-refractivity contribution in [1.29, 1.82) is 0 Å². The van der Waals surface area contributed by atoms with E-state index < -0.39 is 77.1 Å². The van der Waals surface area contributed by atoms with E-state index in [-0.39, 0.29) is 68.1 Å². The number of aromatic hydroxyl groups is 2. The van der Waals surface area contributed by atoms with E-state index in [1.807, 2.05) is 33.8 Å². The topological polar surface area (TPSA) is 246 Å². The minimum absolute atomic E-state index is 0.0351. The number of aliphatic hydroxyl groups is 2. The Labute approximate surface area is 392 Å². The second kappa shape index (κ2) is 20.9. The molecule has 0 aromatic heterocycles. The minimum Gasteiger partial charge on any atom is -0.507 e. The van der Waals surface area contributed by atoms with E-state index in [0.29, 0.717) is 43.8 Å². The Balaban J connectivity index is 0.00000414. The number of benzene rings is 2. The second-order valence-corrected chi connectivity index (χ2v) is 19.6. The van der Waals surface area contributed by atoms with Gasteiger partial charge < -0.3 is 54.7 Å². The SMILES string of the molecule is C/C1=C/C=C/C(C)C[C@@H](C)C(OC(C)(C)O)[C@@H](C)C(OC(=O)CC(=O)O)[C@H](C)C/C=C/OC2(C)Oc3c(C)c(O)c4c(O)c(c5c(c4c3C2=O)=NC2(CCN(CC(C)C)CC2)N=5)NC1=O.CO. The lowest BCUT2D eigenvalue weighted by Gasteiger charge is -2.40. The number of carboxylic acids is 1. The molecule has 1 saturated heterocycles. The molecule has 7 atom stereocenters. The number of Topliss-reactive ketones (excluding diaryl/α,β-unsaturated/α-hetero) is 1. The summed E-state index contributed by atoms with van der Waals surface area (Å²) in [5.41, 5.74) is -0.501. The van der Waals surface area contributed by atoms with Gasteiger partial charge in [-0.2, -0.15) is 0 Å². The normalized spacial score (nSPS) is 28.5. The highest BCUT2D eigenvalue weighted by molar-refractivity contribution is 6.19. The number of phenolic OH excluding ortho intramolecular Hbond substituents is 2. The summed E-state index contributed by atoms with van der Waals surface area (Å²) in [7, 11) is 1.00. The van der Waals surface area contributed by atoms with Gasteiger partial charge in [-0.05, 0) is 70.3 Å². The van der Waals surface area contributed by atoms with Crippen LogP contribution in [0.4, 0.5) is 5.69 Å². The van der Waals surface area contributed by atoms with Gasteiger partial charge >= 0.3 is 17.7 Å². The van der Waals surface area contributed by atoms with Crippen molar-refractivity contribution >= 4 is 40.1 Å². The summed E-state index contributed by atoms with van der Waals surface area (Å²) in [5.74, 6) is -8.58. The van der Waals surface area contributed by atoms with E-state index in [9.17, 15) is 39.6 Å². The second-order valence-electron chi connectivity index (χ2n) is 19.6. The molecule has 1 fully saturated rings. The Morgan fingerprint density at radius 2 is 1.63 bits per heavy atom. The number of anilines is 1. The number of aliphatic hydroxyl groups excluding tert-OH is 1. The van der Waals surface area contributed by atoms with Gasteiger partial charge in [0.05, 0.1) is 28.7 Å². The minimum atomic E-state index is -1.94. The fourth-order valence-electron chi connectivity index (χ4n) is 9.66. The molecule has 5 aliphatic rings. The average molecular weight is 935 g/mol. The van der Waals surface area contributed by atoms with E-state index in [0.717, 1.165) is 13.7 Å². The first-order valence-electron chi connectivity index (χ1n) is 23.1. The van der Waals surface area contributed by atoms with Gasteiger partial charge in [0.1, 0.15) is 35.1 Å². The van der Waals surface area contributed by atoms with E-state index in [1.165, 1.54) is 27.0 Å². The van der Waals surface area contributed by atoms with Crippen molar-refractivity contribution in [2.75, 3.05) is 32.1 Å². The lowest BCUT2D eigenvalue weighted by atomic mass is 9.80. The van der Waals surface area contributed by atoms with Crippen molar-refractivity contribution in [2.45, 2.75) is 138 Å². The Bertz CT molecular complexity index is 2450. The highest BCUT2D eigenvalue weighted by Crippen LogP contribution is 2.50. The summed E-state index contributed by atoms with van der Waals surface area (Å²) in [6, 6.07) is 0. The molecule has 17 nitrogen and oxygen atoms in total. The largest absolute Gasteiger partial charge is 0.507 e. The predicted molar refractivity (Wildman–Crippen MR) is 250 cm³/mol. The molecule has 0 aliphatic carbocycles. The van der Waals surface area contributed by atoms with Gasteiger partial charge in [0.2, 0.25) is 0 Å². The van der Waals surface area contributed by atoms with E-state index in [4.69, 9.17) is 34.0 Å². The van der Waals surface area contributed by atoms with Crippen molar-refractivity contribution in [3.8, 4) is 17.2 Å². The van der Waals surface area contributed by atoms with Gasteiger partial charge in [-0.3, -0.25) is 29.2 Å². The molecule has 4 unspecified atom stereocenters. The number of carbonyl (C=O) groups excluding carboxylic acids is 3. The fourth-order valence-corrected chi connectivity index (χ4v) is 9.66. The van der Waals surface area contributed by atoms with Gasteiger partial charge in [-0.1, -0.05) is 59.8 Å². The molecular weight excluding hydrogens is 865 g/mol. The lowest BCUT2D eigenvalue weighted by molar-refractivity contribution is -0.237. The number of nitrogens with one attached hydrogen (secondary N) is 1. The first-order chi connectivity index (χ1) is 31.3. The Morgan fingerprint density at radius 3 is 2.24 bits per heavy atom. The Hall–Kier alpha value is -5.36. The molecule has 0 saturated carbocycles. The van der Waals surface area contributed by atoms with Crippen molar-refractivity contribution in [1.82, 2.24) is 4.90 Å². The standard InChI is InChI=1S/C49H66N4O12.CH4O/c1-25(2)24-53-19-17-49(18-20-53)51-37-34-35-40(57)30(7)44-36(34)45(59)48(11,65-44)62-21-13-16-27(4)42(63-33(56)23-32(54)55)31(8)43(64-47(9,10)61)29(6)22-26(3)14-12-15-28(5)46(60)50-39(41(35)58)38(37)52-49;1-2/h12-15,21,25-27,29,31,42-43,57-58,61H,16-20,22-24H2,1-11H3,(H,50,60)(H,54,55);2H,1H3/b14-12+,21-13+,28-15-;/t26?,27-,29-,31+,42?,43?,48?;/m1./s1. The third-order valence-corrected chi connectivity index (χ3v) is 12.9. The number of nitrogens with zero attached hydrogens (tertiary/aromatic N) is 3. The van der Waals surface area contributed by atoms with Gasteiger partial charge in [-0.25, -0.2) is 0 Å². The molecule has 1 spiro atoms. The summed E-state index contributed by atoms with van der Waals surface area (Å²) < 4.78 is 24.5. The van der Waals surface area contributed by atoms with Crippen LogP contribution in [-0.4, -0.2) is 110 Å². The summed E-state index contributed by atoms with van der Waals surface area (Å²) in [4.78, 5) is 65.9. The number of fused-ring (bicyclic) bond motifs is 13. The third kappa shape index (κ3) is 11.5. The van der Waals surface area contributed by atoms with Crippen molar-refractivity contribution in [2.24, 2.45) is 39.6 Å². The molecular formula is C50H70N4O13. The van der Waals surface area contributed by atoms with Gasteiger partial charge in [0, 0.05) is 69.0 Å². The zero-order valence-electron chi connectivity index (χ0n) is 40.9. The number of carboxylic acid groups (broad SMARTS) is 1. The van der Waals surface area contributed by atoms with Gasteiger partial charge in [0.25, 0.3) is 11.7 Å². The molecule has 5 bridgehead atoms. The molecule has 1 amide bonds. The van der Waals surface area contributed by atoms with Crippen LogP contribution >= 0.6 is 0 Å². The van der Waals surface area contributed by atoms with Crippen LogP contribution in [0.2, 0.25) is 0 Å². The monoisotopic (exact) mass is 934 g/mol. The quantitative estimate of drug-likeness (QED) is 0.0811. The molecule has 6 N–H and O–H groups in total. The Kier molecular flexibility index (Phi) is 16.4. The predicted octanol–water partition coefficient (Wildman–Crippen LogP) is 5.97. The number of esters is 1. The van der Waals surface area contributed by atoms with Gasteiger partial charge in [-0.15, -0.1) is 0 Å². The first-order valence-corrected chi connectivity index (χ1v) is 23.1. The third-order valence-electron chi connectivity index (χ3n) is 12.9. The molecule has 2 aromatic carbocycles. The number of carbonyl (C=O) groups is 4. The number of allylic oxidation sites excluding steroid dienone is 4. The smallest absolute Gasteiger partial charge is 0.317 e. The molecule has 5 aliphatic heterocycles. The van der Waals surface area contributed by atoms with E-state index in [1.54, 1.807) is 32.1 Å². The van der Waals surface area contributed by atoms with Gasteiger partial charge in [0.15, 0.2) is 17.2 Å². The number of piperidine rings is 1. The van der Waals surface area contributed by atoms with Crippen molar-refractivity contribution < 1.29 is 63.7 Å². The van der Waals surface area contributed by atoms with Crippen LogP contribution in [0.3, 0.4) is 0 Å². The number of ether oxygens (including phenoxy) is 4. The summed E-state index contributed by atoms with van der Waals surface area (Å²) in [6.07, 6.45) is 7.75. The molecule has 17 heteroatoms. The summed E-state index contributed by atoms with van der Waals surface area (Å²) in [5, 5.41) is 54.6. The van der Waals surface area contributed by atoms with Crippen LogP contribution in [0.1, 0.15) is 117 Å². The van der Waals surface area contributed by atoms with Crippen LogP contribution in [0.15, 0.2) is 46.1 Å². The average Bonchev–Trinajstić information content (AvgIpc) is 3.74. The number of ketones is 1. The highest BCUT2D eigenvalue weighted by Gasteiger charge is 2.50. The molecule has 0 radical (unpaired) electrons. The van der Waals surface area contributed by atoms with Crippen molar-refractivity contribution in [3.63, 3.8) is 0 Å². The summed E-state index contributed by atoms with van der Waals surface area (Å²) in [6.45, 7) is 21.9. The zero-order chi connectivity index (χ0) is 49.9. The summed E-state index contributed by atoms with van der Waals surface area (Å²) >= 11 is 0. The van der Waals surface area contributed by atoms with Crippen LogP contribution in [0.5, 0.6) is 17.2 Å². The molecule has 7 rings (SSSR count). The lowest BCUT2D eigenvalue weighted by Crippen LogP contribution is -2.45.